The first kappa shape index (κ1) is 14.2. The molecule has 0 amide bonds. The van der Waals surface area contributed by atoms with Crippen molar-refractivity contribution in [1.29, 1.82) is 0 Å². The summed E-state index contributed by atoms with van der Waals surface area (Å²) >= 11 is 0. The Kier molecular flexibility index (Phi) is 5.40. The summed E-state index contributed by atoms with van der Waals surface area (Å²) < 4.78 is 28.8. The van der Waals surface area contributed by atoms with Gasteiger partial charge in [0.1, 0.15) is 0 Å². The van der Waals surface area contributed by atoms with Gasteiger partial charge in [-0.15, -0.1) is 0 Å². The Bertz CT molecular complexity index is 227. The molecule has 1 saturated carbocycles. The highest BCUT2D eigenvalue weighted by atomic mass is 19.3. The lowest BCUT2D eigenvalue weighted by molar-refractivity contribution is -0.0831. The van der Waals surface area contributed by atoms with Crippen molar-refractivity contribution < 1.29 is 8.78 Å². The van der Waals surface area contributed by atoms with E-state index in [0.29, 0.717) is 0 Å². The van der Waals surface area contributed by atoms with E-state index in [0.717, 1.165) is 70.9 Å². The first-order valence-corrected chi connectivity index (χ1v) is 7.77. The smallest absolute Gasteiger partial charge is 0.251 e. The first-order valence-electron chi connectivity index (χ1n) is 7.77. The van der Waals surface area contributed by atoms with Crippen LogP contribution in [0.1, 0.15) is 64.2 Å². The van der Waals surface area contributed by atoms with Gasteiger partial charge < -0.3 is 5.32 Å². The Labute approximate surface area is 110 Å². The predicted molar refractivity (Wildman–Crippen MR) is 71.0 cm³/mol. The SMILES string of the molecule is FC(F)(CC1CCCNCC1)C1CCCCCC1. The Morgan fingerprint density at radius 2 is 1.56 bits per heavy atom. The summed E-state index contributed by atoms with van der Waals surface area (Å²) in [6, 6.07) is 0. The number of rotatable bonds is 3. The first-order chi connectivity index (χ1) is 8.68. The quantitative estimate of drug-likeness (QED) is 0.742. The standard InChI is InChI=1S/C15H27F2N/c16-15(17,14-7-3-1-2-4-8-14)12-13-6-5-10-18-11-9-13/h13-14,18H,1-12H2. The van der Waals surface area contributed by atoms with E-state index in [1.807, 2.05) is 0 Å². The van der Waals surface area contributed by atoms with Crippen LogP contribution in [0.5, 0.6) is 0 Å². The number of alkyl halides is 2. The summed E-state index contributed by atoms with van der Waals surface area (Å²) in [6.45, 7) is 1.93. The molecule has 1 heterocycles. The zero-order chi connectivity index (χ0) is 12.8. The van der Waals surface area contributed by atoms with Crippen LogP contribution in [0.2, 0.25) is 0 Å². The predicted octanol–water partition coefficient (Wildman–Crippen LogP) is 4.37. The molecule has 1 aliphatic carbocycles. The van der Waals surface area contributed by atoms with E-state index in [-0.39, 0.29) is 18.3 Å². The van der Waals surface area contributed by atoms with Crippen molar-refractivity contribution in [2.75, 3.05) is 13.1 Å². The molecule has 0 bridgehead atoms. The molecule has 2 fully saturated rings. The van der Waals surface area contributed by atoms with Gasteiger partial charge in [-0.05, 0) is 51.1 Å². The lowest BCUT2D eigenvalue weighted by Gasteiger charge is -2.29. The molecule has 1 unspecified atom stereocenters. The molecule has 1 nitrogen and oxygen atoms in total. The average molecular weight is 259 g/mol. The summed E-state index contributed by atoms with van der Waals surface area (Å²) in [6.07, 6.45) is 8.93. The maximum atomic E-state index is 14.4. The van der Waals surface area contributed by atoms with E-state index in [2.05, 4.69) is 5.32 Å². The van der Waals surface area contributed by atoms with E-state index in [1.165, 1.54) is 0 Å². The minimum atomic E-state index is -2.42. The van der Waals surface area contributed by atoms with Crippen molar-refractivity contribution in [2.24, 2.45) is 11.8 Å². The van der Waals surface area contributed by atoms with Crippen LogP contribution in [0.4, 0.5) is 8.78 Å². The van der Waals surface area contributed by atoms with Gasteiger partial charge in [0, 0.05) is 12.3 Å². The van der Waals surface area contributed by atoms with Gasteiger partial charge in [0.05, 0.1) is 0 Å². The third kappa shape index (κ3) is 4.18. The summed E-state index contributed by atoms with van der Waals surface area (Å²) in [5.74, 6) is -2.52. The molecule has 106 valence electrons. The summed E-state index contributed by atoms with van der Waals surface area (Å²) in [5, 5.41) is 3.31. The maximum Gasteiger partial charge on any atom is 0.251 e. The summed E-state index contributed by atoms with van der Waals surface area (Å²) in [4.78, 5) is 0. The van der Waals surface area contributed by atoms with Crippen molar-refractivity contribution >= 4 is 0 Å². The fraction of sp³-hybridized carbons (Fsp3) is 1.00. The largest absolute Gasteiger partial charge is 0.317 e. The van der Waals surface area contributed by atoms with Crippen LogP contribution < -0.4 is 5.32 Å². The molecule has 2 rings (SSSR count). The van der Waals surface area contributed by atoms with E-state index in [4.69, 9.17) is 0 Å². The minimum Gasteiger partial charge on any atom is -0.317 e. The second kappa shape index (κ2) is 6.83. The molecule has 1 aliphatic heterocycles. The topological polar surface area (TPSA) is 12.0 Å². The third-order valence-corrected chi connectivity index (χ3v) is 4.71. The fourth-order valence-electron chi connectivity index (χ4n) is 3.55. The Balaban J connectivity index is 1.87. The number of hydrogen-bond donors (Lipinski definition) is 1. The van der Waals surface area contributed by atoms with Crippen molar-refractivity contribution in [1.82, 2.24) is 5.32 Å². The van der Waals surface area contributed by atoms with E-state index < -0.39 is 5.92 Å². The number of hydrogen-bond acceptors (Lipinski definition) is 1. The molecular weight excluding hydrogens is 232 g/mol. The molecule has 18 heavy (non-hydrogen) atoms. The van der Waals surface area contributed by atoms with E-state index in [9.17, 15) is 8.78 Å². The normalized spacial score (nSPS) is 28.7. The van der Waals surface area contributed by atoms with E-state index in [1.54, 1.807) is 0 Å². The lowest BCUT2D eigenvalue weighted by Crippen LogP contribution is -2.31. The van der Waals surface area contributed by atoms with Crippen LogP contribution in [0, 0.1) is 11.8 Å². The average Bonchev–Trinajstić information content (AvgIpc) is 2.72. The van der Waals surface area contributed by atoms with Gasteiger partial charge in [-0.3, -0.25) is 0 Å². The Morgan fingerprint density at radius 3 is 2.28 bits per heavy atom. The van der Waals surface area contributed by atoms with Crippen molar-refractivity contribution in [2.45, 2.75) is 70.1 Å². The van der Waals surface area contributed by atoms with Crippen LogP contribution in [0.15, 0.2) is 0 Å². The van der Waals surface area contributed by atoms with Crippen LogP contribution >= 0.6 is 0 Å². The molecule has 3 heteroatoms. The van der Waals surface area contributed by atoms with Crippen molar-refractivity contribution in [3.05, 3.63) is 0 Å². The molecule has 1 saturated heterocycles. The Hall–Kier alpha value is -0.180. The van der Waals surface area contributed by atoms with Crippen LogP contribution in [-0.4, -0.2) is 19.0 Å². The molecule has 0 radical (unpaired) electrons. The third-order valence-electron chi connectivity index (χ3n) is 4.71. The highest BCUT2D eigenvalue weighted by Crippen LogP contribution is 2.41. The molecular formula is C15H27F2N. The van der Waals surface area contributed by atoms with Gasteiger partial charge in [-0.25, -0.2) is 8.78 Å². The van der Waals surface area contributed by atoms with E-state index >= 15 is 0 Å². The van der Waals surface area contributed by atoms with Crippen LogP contribution in [0.3, 0.4) is 0 Å². The lowest BCUT2D eigenvalue weighted by atomic mass is 9.84. The monoisotopic (exact) mass is 259 g/mol. The van der Waals surface area contributed by atoms with Gasteiger partial charge in [-0.2, -0.15) is 0 Å². The fourth-order valence-corrected chi connectivity index (χ4v) is 3.55. The molecule has 0 aromatic rings. The molecule has 1 N–H and O–H groups in total. The summed E-state index contributed by atoms with van der Waals surface area (Å²) in [5.41, 5.74) is 0. The zero-order valence-electron chi connectivity index (χ0n) is 11.4. The Morgan fingerprint density at radius 1 is 0.833 bits per heavy atom. The molecule has 0 spiro atoms. The van der Waals surface area contributed by atoms with Crippen molar-refractivity contribution in [3.8, 4) is 0 Å². The number of nitrogens with one attached hydrogen (secondary N) is 1. The molecule has 0 aromatic carbocycles. The van der Waals surface area contributed by atoms with Gasteiger partial charge in [-0.1, -0.05) is 25.7 Å². The molecule has 1 atom stereocenters. The highest BCUT2D eigenvalue weighted by Gasteiger charge is 2.40. The van der Waals surface area contributed by atoms with Gasteiger partial charge in [0.25, 0.3) is 5.92 Å². The van der Waals surface area contributed by atoms with Gasteiger partial charge >= 0.3 is 0 Å². The highest BCUT2D eigenvalue weighted by molar-refractivity contribution is 4.83. The summed E-state index contributed by atoms with van der Waals surface area (Å²) in [7, 11) is 0. The second-order valence-electron chi connectivity index (χ2n) is 6.20. The molecule has 0 aromatic heterocycles. The minimum absolute atomic E-state index is 0.138. The van der Waals surface area contributed by atoms with Gasteiger partial charge in [0.2, 0.25) is 0 Å². The maximum absolute atomic E-state index is 14.4. The van der Waals surface area contributed by atoms with Gasteiger partial charge in [0.15, 0.2) is 0 Å². The molecule has 2 aliphatic rings. The van der Waals surface area contributed by atoms with Crippen molar-refractivity contribution in [3.63, 3.8) is 0 Å². The second-order valence-corrected chi connectivity index (χ2v) is 6.20. The van der Waals surface area contributed by atoms with Crippen LogP contribution in [-0.2, 0) is 0 Å². The van der Waals surface area contributed by atoms with Crippen LogP contribution in [0.25, 0.3) is 0 Å². The zero-order valence-corrected chi connectivity index (χ0v) is 11.4. The number of halogens is 2.